The van der Waals surface area contributed by atoms with Gasteiger partial charge in [-0.25, -0.2) is 0 Å². The average molecular weight is 380 g/mol. The number of rotatable bonds is 4. The highest BCUT2D eigenvalue weighted by molar-refractivity contribution is 5.92. The number of nitrogens with zero attached hydrogens (tertiary/aromatic N) is 2. The van der Waals surface area contributed by atoms with Crippen LogP contribution in [0.1, 0.15) is 47.7 Å². The summed E-state index contributed by atoms with van der Waals surface area (Å²) < 4.78 is 16.5. The van der Waals surface area contributed by atoms with Crippen LogP contribution in [-0.2, 0) is 4.74 Å². The molecule has 4 rings (SSSR count). The van der Waals surface area contributed by atoms with Crippen molar-refractivity contribution in [2.45, 2.75) is 25.9 Å². The Kier molecular flexibility index (Phi) is 5.05. The SMILES string of the molecule is COc1ccc2cc(C3CN(C(=O)c4cc(C(C)C)on4)CCO3)ccc2c1. The molecule has 1 aliphatic rings. The lowest BCUT2D eigenvalue weighted by molar-refractivity contribution is -0.0230. The Morgan fingerprint density at radius 2 is 1.96 bits per heavy atom. The summed E-state index contributed by atoms with van der Waals surface area (Å²) in [5.74, 6) is 1.63. The molecule has 2 heterocycles. The second-order valence-corrected chi connectivity index (χ2v) is 7.35. The van der Waals surface area contributed by atoms with Gasteiger partial charge in [0.2, 0.25) is 0 Å². The molecule has 1 unspecified atom stereocenters. The number of carbonyl (C=O) groups is 1. The first-order valence-electron chi connectivity index (χ1n) is 9.50. The van der Waals surface area contributed by atoms with E-state index in [1.54, 1.807) is 18.1 Å². The van der Waals surface area contributed by atoms with Gasteiger partial charge in [-0.2, -0.15) is 0 Å². The number of methoxy groups -OCH3 is 1. The van der Waals surface area contributed by atoms with E-state index in [0.29, 0.717) is 25.4 Å². The molecule has 6 nitrogen and oxygen atoms in total. The highest BCUT2D eigenvalue weighted by atomic mass is 16.5. The van der Waals surface area contributed by atoms with Crippen LogP contribution >= 0.6 is 0 Å². The zero-order valence-corrected chi connectivity index (χ0v) is 16.3. The maximum absolute atomic E-state index is 12.8. The number of hydrogen-bond donors (Lipinski definition) is 0. The van der Waals surface area contributed by atoms with Crippen molar-refractivity contribution >= 4 is 16.7 Å². The van der Waals surface area contributed by atoms with E-state index in [1.165, 1.54) is 0 Å². The molecule has 1 aromatic heterocycles. The van der Waals surface area contributed by atoms with Crippen molar-refractivity contribution in [2.24, 2.45) is 0 Å². The van der Waals surface area contributed by atoms with Crippen molar-refractivity contribution in [2.75, 3.05) is 26.8 Å². The Hall–Kier alpha value is -2.86. The van der Waals surface area contributed by atoms with E-state index in [-0.39, 0.29) is 17.9 Å². The van der Waals surface area contributed by atoms with Crippen molar-refractivity contribution in [3.8, 4) is 5.75 Å². The molecule has 0 bridgehead atoms. The summed E-state index contributed by atoms with van der Waals surface area (Å²) in [7, 11) is 1.66. The highest BCUT2D eigenvalue weighted by Crippen LogP contribution is 2.28. The molecule has 0 aliphatic carbocycles. The quantitative estimate of drug-likeness (QED) is 0.680. The highest BCUT2D eigenvalue weighted by Gasteiger charge is 2.28. The normalized spacial score (nSPS) is 17.3. The van der Waals surface area contributed by atoms with Crippen LogP contribution < -0.4 is 4.74 Å². The molecule has 0 N–H and O–H groups in total. The molecule has 0 radical (unpaired) electrons. The zero-order chi connectivity index (χ0) is 19.7. The fourth-order valence-corrected chi connectivity index (χ4v) is 3.43. The Balaban J connectivity index is 1.53. The summed E-state index contributed by atoms with van der Waals surface area (Å²) in [5.41, 5.74) is 1.41. The van der Waals surface area contributed by atoms with Crippen LogP contribution in [0.4, 0.5) is 0 Å². The molecule has 0 spiro atoms. The van der Waals surface area contributed by atoms with Gasteiger partial charge >= 0.3 is 0 Å². The van der Waals surface area contributed by atoms with E-state index in [0.717, 1.165) is 27.8 Å². The van der Waals surface area contributed by atoms with Gasteiger partial charge in [-0.3, -0.25) is 4.79 Å². The monoisotopic (exact) mass is 380 g/mol. The summed E-state index contributed by atoms with van der Waals surface area (Å²) in [4.78, 5) is 14.6. The molecule has 2 aromatic carbocycles. The van der Waals surface area contributed by atoms with Gasteiger partial charge in [0, 0.05) is 18.5 Å². The minimum absolute atomic E-state index is 0.116. The van der Waals surface area contributed by atoms with Gasteiger partial charge in [0.15, 0.2) is 5.69 Å². The van der Waals surface area contributed by atoms with Crippen molar-refractivity contribution < 1.29 is 18.8 Å². The Labute approximate surface area is 164 Å². The van der Waals surface area contributed by atoms with Gasteiger partial charge in [0.1, 0.15) is 17.6 Å². The summed E-state index contributed by atoms with van der Waals surface area (Å²) in [6, 6.07) is 13.9. The second-order valence-electron chi connectivity index (χ2n) is 7.35. The number of hydrogen-bond acceptors (Lipinski definition) is 5. The lowest BCUT2D eigenvalue weighted by Crippen LogP contribution is -2.42. The van der Waals surface area contributed by atoms with E-state index < -0.39 is 0 Å². The van der Waals surface area contributed by atoms with Crippen LogP contribution in [0.25, 0.3) is 10.8 Å². The first-order chi connectivity index (χ1) is 13.5. The molecular weight excluding hydrogens is 356 g/mol. The molecule has 1 amide bonds. The van der Waals surface area contributed by atoms with Crippen molar-refractivity contribution in [1.82, 2.24) is 10.1 Å². The maximum atomic E-state index is 12.8. The van der Waals surface area contributed by atoms with Gasteiger partial charge in [-0.05, 0) is 34.5 Å². The minimum Gasteiger partial charge on any atom is -0.497 e. The van der Waals surface area contributed by atoms with E-state index in [2.05, 4.69) is 17.3 Å². The summed E-state index contributed by atoms with van der Waals surface area (Å²) in [5, 5.41) is 6.17. The predicted molar refractivity (Wildman–Crippen MR) is 106 cm³/mol. The Morgan fingerprint density at radius 1 is 1.18 bits per heavy atom. The number of amides is 1. The number of aromatic nitrogens is 1. The van der Waals surface area contributed by atoms with Crippen molar-refractivity contribution in [3.05, 3.63) is 59.5 Å². The molecule has 3 aromatic rings. The van der Waals surface area contributed by atoms with Crippen LogP contribution in [-0.4, -0.2) is 42.8 Å². The first kappa shape index (κ1) is 18.5. The van der Waals surface area contributed by atoms with E-state index in [9.17, 15) is 4.79 Å². The fourth-order valence-electron chi connectivity index (χ4n) is 3.43. The van der Waals surface area contributed by atoms with Crippen LogP contribution in [0.3, 0.4) is 0 Å². The number of benzene rings is 2. The van der Waals surface area contributed by atoms with Crippen LogP contribution in [0.5, 0.6) is 5.75 Å². The lowest BCUT2D eigenvalue weighted by Gasteiger charge is -2.32. The summed E-state index contributed by atoms with van der Waals surface area (Å²) in [6.07, 6.45) is -0.166. The van der Waals surface area contributed by atoms with Crippen molar-refractivity contribution in [3.63, 3.8) is 0 Å². The topological polar surface area (TPSA) is 64.8 Å². The van der Waals surface area contributed by atoms with Gasteiger partial charge in [-0.1, -0.05) is 37.2 Å². The number of ether oxygens (including phenoxy) is 2. The van der Waals surface area contributed by atoms with Gasteiger partial charge in [-0.15, -0.1) is 0 Å². The largest absolute Gasteiger partial charge is 0.497 e. The zero-order valence-electron chi connectivity index (χ0n) is 16.3. The molecule has 146 valence electrons. The molecular formula is C22H24N2O4. The molecule has 28 heavy (non-hydrogen) atoms. The number of fused-ring (bicyclic) bond motifs is 1. The number of carbonyl (C=O) groups excluding carboxylic acids is 1. The molecule has 1 atom stereocenters. The number of morpholine rings is 1. The molecule has 0 saturated carbocycles. The second kappa shape index (κ2) is 7.64. The molecule has 1 saturated heterocycles. The Bertz CT molecular complexity index is 995. The summed E-state index contributed by atoms with van der Waals surface area (Å²) in [6.45, 7) is 5.55. The van der Waals surface area contributed by atoms with Crippen LogP contribution in [0.15, 0.2) is 47.0 Å². The van der Waals surface area contributed by atoms with Gasteiger partial charge in [0.05, 0.1) is 20.3 Å². The average Bonchev–Trinajstić information content (AvgIpc) is 3.23. The first-order valence-corrected chi connectivity index (χ1v) is 9.50. The van der Waals surface area contributed by atoms with Gasteiger partial charge < -0.3 is 18.9 Å². The van der Waals surface area contributed by atoms with Crippen LogP contribution in [0, 0.1) is 0 Å². The Morgan fingerprint density at radius 3 is 2.71 bits per heavy atom. The van der Waals surface area contributed by atoms with Gasteiger partial charge in [0.25, 0.3) is 5.91 Å². The maximum Gasteiger partial charge on any atom is 0.276 e. The lowest BCUT2D eigenvalue weighted by atomic mass is 10.0. The van der Waals surface area contributed by atoms with E-state index >= 15 is 0 Å². The predicted octanol–water partition coefficient (Wildman–Crippen LogP) is 4.17. The fraction of sp³-hybridized carbons (Fsp3) is 0.364. The summed E-state index contributed by atoms with van der Waals surface area (Å²) >= 11 is 0. The van der Waals surface area contributed by atoms with E-state index in [4.69, 9.17) is 14.0 Å². The third-order valence-electron chi connectivity index (χ3n) is 5.11. The molecule has 1 fully saturated rings. The molecule has 1 aliphatic heterocycles. The smallest absolute Gasteiger partial charge is 0.276 e. The molecule has 6 heteroatoms. The van der Waals surface area contributed by atoms with E-state index in [1.807, 2.05) is 38.1 Å². The standard InChI is InChI=1S/C22H24N2O4/c1-14(2)20-12-19(23-28-20)22(25)24-8-9-27-21(13-24)17-5-4-16-11-18(26-3)7-6-15(16)10-17/h4-7,10-12,14,21H,8-9,13H2,1-3H3. The van der Waals surface area contributed by atoms with Crippen molar-refractivity contribution in [1.29, 1.82) is 0 Å². The third-order valence-corrected chi connectivity index (χ3v) is 5.11. The van der Waals surface area contributed by atoms with Crippen LogP contribution in [0.2, 0.25) is 0 Å². The third kappa shape index (κ3) is 3.60. The minimum atomic E-state index is -0.166.